The lowest BCUT2D eigenvalue weighted by molar-refractivity contribution is -0.0236. The Labute approximate surface area is 144 Å². The molecule has 0 amide bonds. The summed E-state index contributed by atoms with van der Waals surface area (Å²) in [5.74, 6) is -0.752. The second-order valence-electron chi connectivity index (χ2n) is 5.03. The van der Waals surface area contributed by atoms with Gasteiger partial charge in [0.2, 0.25) is 0 Å². The van der Waals surface area contributed by atoms with Gasteiger partial charge in [-0.15, -0.1) is 0 Å². The van der Waals surface area contributed by atoms with Crippen molar-refractivity contribution in [1.29, 1.82) is 0 Å². The fourth-order valence-corrected chi connectivity index (χ4v) is 2.08. The molecular formula is C19H18F2O4. The van der Waals surface area contributed by atoms with Gasteiger partial charge < -0.3 is 14.2 Å². The number of hydrogen-bond acceptors (Lipinski definition) is 4. The van der Waals surface area contributed by atoms with E-state index in [1.54, 1.807) is 24.3 Å². The van der Waals surface area contributed by atoms with Crippen LogP contribution < -0.4 is 0 Å². The van der Waals surface area contributed by atoms with Gasteiger partial charge >= 0.3 is 6.08 Å². The van der Waals surface area contributed by atoms with Gasteiger partial charge in [-0.2, -0.15) is 8.78 Å². The third-order valence-corrected chi connectivity index (χ3v) is 3.34. The van der Waals surface area contributed by atoms with Gasteiger partial charge in [0.1, 0.15) is 0 Å². The average Bonchev–Trinajstić information content (AvgIpc) is 2.65. The monoisotopic (exact) mass is 348 g/mol. The molecule has 0 aliphatic carbocycles. The van der Waals surface area contributed by atoms with E-state index in [1.807, 2.05) is 6.07 Å². The lowest BCUT2D eigenvalue weighted by Crippen LogP contribution is -2.06. The van der Waals surface area contributed by atoms with Crippen molar-refractivity contribution >= 4 is 11.5 Å². The normalized spacial score (nSPS) is 10.4. The van der Waals surface area contributed by atoms with E-state index in [0.717, 1.165) is 0 Å². The average molecular weight is 348 g/mol. The van der Waals surface area contributed by atoms with Crippen molar-refractivity contribution in [2.75, 3.05) is 27.1 Å². The maximum atomic E-state index is 13.1. The Morgan fingerprint density at radius 2 is 1.48 bits per heavy atom. The van der Waals surface area contributed by atoms with E-state index in [0.29, 0.717) is 17.7 Å². The smallest absolute Gasteiger partial charge is 0.312 e. The molecule has 0 spiro atoms. The van der Waals surface area contributed by atoms with Crippen LogP contribution in [0.4, 0.5) is 8.78 Å². The number of halogens is 2. The Kier molecular flexibility index (Phi) is 7.25. The largest absolute Gasteiger partial charge is 0.461 e. The molecule has 4 nitrogen and oxygen atoms in total. The fourth-order valence-electron chi connectivity index (χ4n) is 2.08. The number of methoxy groups -OCH3 is 1. The minimum atomic E-state index is -1.96. The van der Waals surface area contributed by atoms with Crippen molar-refractivity contribution in [3.8, 4) is 0 Å². The molecule has 0 fully saturated rings. The van der Waals surface area contributed by atoms with Crippen LogP contribution >= 0.6 is 0 Å². The van der Waals surface area contributed by atoms with Crippen molar-refractivity contribution in [2.45, 2.75) is 0 Å². The van der Waals surface area contributed by atoms with Gasteiger partial charge in [-0.3, -0.25) is 4.79 Å². The first-order chi connectivity index (χ1) is 12.1. The first-order valence-electron chi connectivity index (χ1n) is 7.58. The van der Waals surface area contributed by atoms with Gasteiger partial charge in [-0.05, 0) is 0 Å². The summed E-state index contributed by atoms with van der Waals surface area (Å²) in [6, 6.07) is 14.5. The third kappa shape index (κ3) is 5.48. The highest BCUT2D eigenvalue weighted by Gasteiger charge is 2.13. The molecule has 0 bridgehead atoms. The summed E-state index contributed by atoms with van der Waals surface area (Å²) < 4.78 is 41.0. The number of carbonyl (C=O) groups excluding carboxylic acids is 1. The molecule has 0 heterocycles. The van der Waals surface area contributed by atoms with Gasteiger partial charge in [0.25, 0.3) is 0 Å². The summed E-state index contributed by atoms with van der Waals surface area (Å²) in [7, 11) is 1.51. The molecule has 0 aliphatic heterocycles. The highest BCUT2D eigenvalue weighted by molar-refractivity contribution is 6.09. The zero-order valence-corrected chi connectivity index (χ0v) is 13.7. The maximum Gasteiger partial charge on any atom is 0.312 e. The molecule has 0 unspecified atom stereocenters. The van der Waals surface area contributed by atoms with Crippen LogP contribution in [0, 0.1) is 0 Å². The zero-order valence-electron chi connectivity index (χ0n) is 13.7. The summed E-state index contributed by atoms with van der Waals surface area (Å²) >= 11 is 0. The van der Waals surface area contributed by atoms with Crippen LogP contribution in [-0.4, -0.2) is 32.9 Å². The van der Waals surface area contributed by atoms with E-state index >= 15 is 0 Å². The number of ether oxygens (including phenoxy) is 3. The molecule has 132 valence electrons. The van der Waals surface area contributed by atoms with Crippen LogP contribution in [-0.2, 0) is 14.2 Å². The minimum Gasteiger partial charge on any atom is -0.461 e. The van der Waals surface area contributed by atoms with E-state index in [9.17, 15) is 13.6 Å². The second-order valence-corrected chi connectivity index (χ2v) is 5.03. The third-order valence-electron chi connectivity index (χ3n) is 3.34. The topological polar surface area (TPSA) is 44.8 Å². The van der Waals surface area contributed by atoms with Gasteiger partial charge in [0.15, 0.2) is 18.3 Å². The van der Waals surface area contributed by atoms with E-state index in [1.165, 1.54) is 31.4 Å². The summed E-state index contributed by atoms with van der Waals surface area (Å²) in [6.07, 6.45) is -1.96. The fraction of sp³-hybridized carbons (Fsp3) is 0.211. The van der Waals surface area contributed by atoms with E-state index in [4.69, 9.17) is 14.2 Å². The standard InChI is InChI=1S/C19H18F2O4/c1-23-11-12-24-13-25-18(19(20)21)16-9-7-15(8-10-16)17(22)14-5-3-2-4-6-14/h2-10H,11-13H2,1H3. The number of carbonyl (C=O) groups is 1. The Hall–Kier alpha value is -2.57. The number of hydrogen-bond donors (Lipinski definition) is 0. The van der Waals surface area contributed by atoms with Gasteiger partial charge in [0.05, 0.1) is 13.2 Å². The van der Waals surface area contributed by atoms with E-state index in [-0.39, 0.29) is 24.7 Å². The highest BCUT2D eigenvalue weighted by atomic mass is 19.3. The van der Waals surface area contributed by atoms with Crippen LogP contribution in [0.5, 0.6) is 0 Å². The SMILES string of the molecule is COCCOCOC(=C(F)F)c1ccc(C(=O)c2ccccc2)cc1. The lowest BCUT2D eigenvalue weighted by Gasteiger charge is -2.10. The highest BCUT2D eigenvalue weighted by Crippen LogP contribution is 2.23. The summed E-state index contributed by atoms with van der Waals surface area (Å²) in [6.45, 7) is 0.264. The van der Waals surface area contributed by atoms with E-state index in [2.05, 4.69) is 0 Å². The van der Waals surface area contributed by atoms with Gasteiger partial charge in [-0.1, -0.05) is 54.6 Å². The molecule has 0 radical (unpaired) electrons. The van der Waals surface area contributed by atoms with Crippen LogP contribution in [0.25, 0.3) is 5.76 Å². The van der Waals surface area contributed by atoms with Crippen molar-refractivity contribution in [3.05, 3.63) is 77.4 Å². The molecule has 0 aliphatic rings. The number of rotatable bonds is 9. The molecular weight excluding hydrogens is 330 g/mol. The molecule has 2 aromatic carbocycles. The lowest BCUT2D eigenvalue weighted by atomic mass is 10.0. The second kappa shape index (κ2) is 9.66. The summed E-state index contributed by atoms with van der Waals surface area (Å²) in [5, 5.41) is 0. The van der Waals surface area contributed by atoms with Gasteiger partial charge in [-0.25, -0.2) is 0 Å². The Morgan fingerprint density at radius 1 is 0.880 bits per heavy atom. The minimum absolute atomic E-state index is 0.167. The Bertz CT molecular complexity index is 708. The zero-order chi connectivity index (χ0) is 18.1. The molecule has 0 N–H and O–H groups in total. The maximum absolute atomic E-state index is 13.1. The molecule has 0 aromatic heterocycles. The number of benzene rings is 2. The van der Waals surface area contributed by atoms with Crippen molar-refractivity contribution in [1.82, 2.24) is 0 Å². The summed E-state index contributed by atoms with van der Waals surface area (Å²) in [5.41, 5.74) is 1.11. The molecule has 0 atom stereocenters. The van der Waals surface area contributed by atoms with Gasteiger partial charge in [0, 0.05) is 23.8 Å². The predicted octanol–water partition coefficient (Wildman–Crippen LogP) is 4.12. The quantitative estimate of drug-likeness (QED) is 0.296. The molecule has 2 rings (SSSR count). The van der Waals surface area contributed by atoms with E-state index < -0.39 is 11.8 Å². The molecule has 25 heavy (non-hydrogen) atoms. The first-order valence-corrected chi connectivity index (χ1v) is 7.58. The van der Waals surface area contributed by atoms with Crippen LogP contribution in [0.15, 0.2) is 60.7 Å². The van der Waals surface area contributed by atoms with Crippen molar-refractivity contribution in [3.63, 3.8) is 0 Å². The molecule has 6 heteroatoms. The molecule has 0 saturated carbocycles. The predicted molar refractivity (Wildman–Crippen MR) is 89.2 cm³/mol. The molecule has 2 aromatic rings. The van der Waals surface area contributed by atoms with Crippen molar-refractivity contribution < 1.29 is 27.8 Å². The molecule has 0 saturated heterocycles. The number of ketones is 1. The Balaban J connectivity index is 2.06. The van der Waals surface area contributed by atoms with Crippen LogP contribution in [0.1, 0.15) is 21.5 Å². The van der Waals surface area contributed by atoms with Crippen LogP contribution in [0.2, 0.25) is 0 Å². The Morgan fingerprint density at radius 3 is 2.08 bits per heavy atom. The van der Waals surface area contributed by atoms with Crippen LogP contribution in [0.3, 0.4) is 0 Å². The summed E-state index contributed by atoms with van der Waals surface area (Å²) in [4.78, 5) is 12.3. The first kappa shape index (κ1) is 18.8. The van der Waals surface area contributed by atoms with Crippen molar-refractivity contribution in [2.24, 2.45) is 0 Å².